The Hall–Kier alpha value is -1.92. The Morgan fingerprint density at radius 2 is 1.68 bits per heavy atom. The van der Waals surface area contributed by atoms with Crippen molar-refractivity contribution in [2.45, 2.75) is 12.8 Å². The minimum absolute atomic E-state index is 0.104. The van der Waals surface area contributed by atoms with E-state index in [-0.39, 0.29) is 5.78 Å². The maximum absolute atomic E-state index is 12.0. The first-order valence-electron chi connectivity index (χ1n) is 5.97. The number of halogens is 1. The lowest BCUT2D eigenvalue weighted by atomic mass is 10.0. The number of benzene rings is 2. The van der Waals surface area contributed by atoms with Crippen LogP contribution >= 0.6 is 15.9 Å². The Bertz CT molecular complexity index is 609. The largest absolute Gasteiger partial charge is 0.294 e. The van der Waals surface area contributed by atoms with E-state index in [4.69, 9.17) is 5.26 Å². The Labute approximate surface area is 120 Å². The molecule has 2 rings (SSSR count). The van der Waals surface area contributed by atoms with E-state index >= 15 is 0 Å². The molecule has 2 aromatic rings. The van der Waals surface area contributed by atoms with E-state index in [1.807, 2.05) is 30.3 Å². The molecule has 0 saturated carbocycles. The lowest BCUT2D eigenvalue weighted by Crippen LogP contribution is -2.01. The molecule has 0 spiro atoms. The quantitative estimate of drug-likeness (QED) is 0.796. The highest BCUT2D eigenvalue weighted by Crippen LogP contribution is 2.13. The number of rotatable bonds is 4. The van der Waals surface area contributed by atoms with Gasteiger partial charge in [-0.2, -0.15) is 5.26 Å². The SMILES string of the molecule is N#Cc1ccc(C(=O)CCc2ccc(Br)cc2)cc1. The van der Waals surface area contributed by atoms with Gasteiger partial charge in [-0.1, -0.05) is 40.2 Å². The molecular weight excluding hydrogens is 302 g/mol. The van der Waals surface area contributed by atoms with Gasteiger partial charge in [0.1, 0.15) is 0 Å². The van der Waals surface area contributed by atoms with E-state index in [2.05, 4.69) is 15.9 Å². The summed E-state index contributed by atoms with van der Waals surface area (Å²) < 4.78 is 1.04. The van der Waals surface area contributed by atoms with Gasteiger partial charge in [-0.25, -0.2) is 0 Å². The molecule has 0 aromatic heterocycles. The summed E-state index contributed by atoms with van der Waals surface area (Å²) >= 11 is 3.38. The van der Waals surface area contributed by atoms with Crippen molar-refractivity contribution in [3.63, 3.8) is 0 Å². The molecule has 0 fully saturated rings. The molecule has 0 N–H and O–H groups in total. The molecule has 0 radical (unpaired) electrons. The van der Waals surface area contributed by atoms with Crippen molar-refractivity contribution in [1.29, 1.82) is 5.26 Å². The van der Waals surface area contributed by atoms with Gasteiger partial charge in [-0.15, -0.1) is 0 Å². The van der Waals surface area contributed by atoms with Crippen molar-refractivity contribution in [2.75, 3.05) is 0 Å². The van der Waals surface area contributed by atoms with Crippen LogP contribution in [0.2, 0.25) is 0 Å². The summed E-state index contributed by atoms with van der Waals surface area (Å²) in [7, 11) is 0. The van der Waals surface area contributed by atoms with Crippen LogP contribution in [0.5, 0.6) is 0 Å². The molecule has 0 atom stereocenters. The smallest absolute Gasteiger partial charge is 0.163 e. The molecule has 2 aromatic carbocycles. The van der Waals surface area contributed by atoms with Crippen LogP contribution in [0.1, 0.15) is 27.9 Å². The lowest BCUT2D eigenvalue weighted by molar-refractivity contribution is 0.0983. The van der Waals surface area contributed by atoms with E-state index in [1.165, 1.54) is 0 Å². The monoisotopic (exact) mass is 313 g/mol. The van der Waals surface area contributed by atoms with Crippen LogP contribution in [0.15, 0.2) is 53.0 Å². The summed E-state index contributed by atoms with van der Waals surface area (Å²) in [5.41, 5.74) is 2.38. The third kappa shape index (κ3) is 3.77. The van der Waals surface area contributed by atoms with Crippen molar-refractivity contribution in [3.05, 3.63) is 69.7 Å². The minimum atomic E-state index is 0.104. The fourth-order valence-electron chi connectivity index (χ4n) is 1.78. The number of aryl methyl sites for hydroxylation is 1. The molecule has 0 bridgehead atoms. The van der Waals surface area contributed by atoms with Gasteiger partial charge in [0.05, 0.1) is 11.6 Å². The summed E-state index contributed by atoms with van der Waals surface area (Å²) in [6.07, 6.45) is 1.21. The average molecular weight is 314 g/mol. The summed E-state index contributed by atoms with van der Waals surface area (Å²) in [6.45, 7) is 0. The summed E-state index contributed by atoms with van der Waals surface area (Å²) in [5, 5.41) is 8.70. The van der Waals surface area contributed by atoms with Gasteiger partial charge in [-0.05, 0) is 36.2 Å². The van der Waals surface area contributed by atoms with Crippen LogP contribution < -0.4 is 0 Å². The fourth-order valence-corrected chi connectivity index (χ4v) is 2.05. The number of Topliss-reactive ketones (excluding diaryl/α,β-unsaturated/α-hetero) is 1. The first-order chi connectivity index (χ1) is 9.19. The van der Waals surface area contributed by atoms with Crippen LogP contribution in [0.25, 0.3) is 0 Å². The normalized spacial score (nSPS) is 9.89. The highest BCUT2D eigenvalue weighted by atomic mass is 79.9. The number of ketones is 1. The third-order valence-corrected chi connectivity index (χ3v) is 3.42. The molecule has 0 aliphatic rings. The highest BCUT2D eigenvalue weighted by Gasteiger charge is 2.06. The molecule has 0 saturated heterocycles. The Morgan fingerprint density at radius 1 is 1.05 bits per heavy atom. The number of nitriles is 1. The van der Waals surface area contributed by atoms with Crippen molar-refractivity contribution < 1.29 is 4.79 Å². The number of carbonyl (C=O) groups is 1. The topological polar surface area (TPSA) is 40.9 Å². The Kier molecular flexibility index (Phi) is 4.48. The van der Waals surface area contributed by atoms with Gasteiger partial charge >= 0.3 is 0 Å². The maximum Gasteiger partial charge on any atom is 0.163 e. The van der Waals surface area contributed by atoms with Gasteiger partial charge in [0, 0.05) is 16.5 Å². The van der Waals surface area contributed by atoms with Crippen LogP contribution in [0.3, 0.4) is 0 Å². The molecule has 3 heteroatoms. The molecule has 2 nitrogen and oxygen atoms in total. The van der Waals surface area contributed by atoms with E-state index in [9.17, 15) is 4.79 Å². The highest BCUT2D eigenvalue weighted by molar-refractivity contribution is 9.10. The van der Waals surface area contributed by atoms with Gasteiger partial charge in [0.25, 0.3) is 0 Å². The van der Waals surface area contributed by atoms with Crippen LogP contribution in [0, 0.1) is 11.3 Å². The van der Waals surface area contributed by atoms with Gasteiger partial charge in [0.2, 0.25) is 0 Å². The van der Waals surface area contributed by atoms with Crippen LogP contribution in [-0.4, -0.2) is 5.78 Å². The first kappa shape index (κ1) is 13.5. The van der Waals surface area contributed by atoms with Crippen molar-refractivity contribution in [1.82, 2.24) is 0 Å². The molecule has 0 aliphatic carbocycles. The Balaban J connectivity index is 1.97. The van der Waals surface area contributed by atoms with Crippen LogP contribution in [0.4, 0.5) is 0 Å². The zero-order valence-corrected chi connectivity index (χ0v) is 11.9. The first-order valence-corrected chi connectivity index (χ1v) is 6.76. The molecule has 94 valence electrons. The van der Waals surface area contributed by atoms with E-state index < -0.39 is 0 Å². The van der Waals surface area contributed by atoms with Gasteiger partial charge in [-0.3, -0.25) is 4.79 Å². The molecule has 0 aliphatic heterocycles. The van der Waals surface area contributed by atoms with Crippen LogP contribution in [-0.2, 0) is 6.42 Å². The maximum atomic E-state index is 12.0. The minimum Gasteiger partial charge on any atom is -0.294 e. The van der Waals surface area contributed by atoms with E-state index in [0.29, 0.717) is 17.5 Å². The molecule has 0 heterocycles. The predicted molar refractivity (Wildman–Crippen MR) is 78.0 cm³/mol. The second-order valence-electron chi connectivity index (χ2n) is 4.24. The van der Waals surface area contributed by atoms with Crippen molar-refractivity contribution in [2.24, 2.45) is 0 Å². The zero-order chi connectivity index (χ0) is 13.7. The predicted octanol–water partition coefficient (Wildman–Crippen LogP) is 4.14. The standard InChI is InChI=1S/C16H12BrNO/c17-15-8-3-12(4-9-15)5-10-16(19)14-6-1-13(11-18)2-7-14/h1-4,6-9H,5,10H2. The Morgan fingerprint density at radius 3 is 2.26 bits per heavy atom. The summed E-state index contributed by atoms with van der Waals surface area (Å²) in [6, 6.07) is 16.8. The van der Waals surface area contributed by atoms with Crippen molar-refractivity contribution >= 4 is 21.7 Å². The van der Waals surface area contributed by atoms with Crippen molar-refractivity contribution in [3.8, 4) is 6.07 Å². The van der Waals surface area contributed by atoms with Gasteiger partial charge < -0.3 is 0 Å². The second-order valence-corrected chi connectivity index (χ2v) is 5.15. The number of nitrogens with zero attached hydrogens (tertiary/aromatic N) is 1. The summed E-state index contributed by atoms with van der Waals surface area (Å²) in [4.78, 5) is 12.0. The summed E-state index contributed by atoms with van der Waals surface area (Å²) in [5.74, 6) is 0.104. The zero-order valence-electron chi connectivity index (χ0n) is 10.3. The fraction of sp³-hybridized carbons (Fsp3) is 0.125. The third-order valence-electron chi connectivity index (χ3n) is 2.89. The van der Waals surface area contributed by atoms with Gasteiger partial charge in [0.15, 0.2) is 5.78 Å². The number of hydrogen-bond donors (Lipinski definition) is 0. The average Bonchev–Trinajstić information content (AvgIpc) is 2.46. The molecule has 19 heavy (non-hydrogen) atoms. The molecule has 0 amide bonds. The molecule has 0 unspecified atom stereocenters. The van der Waals surface area contributed by atoms with E-state index in [1.54, 1.807) is 24.3 Å². The number of hydrogen-bond acceptors (Lipinski definition) is 2. The number of carbonyl (C=O) groups excluding carboxylic acids is 1. The second kappa shape index (κ2) is 6.31. The molecular formula is C16H12BrNO. The lowest BCUT2D eigenvalue weighted by Gasteiger charge is -2.02. The van der Waals surface area contributed by atoms with E-state index in [0.717, 1.165) is 16.5 Å².